The molecule has 0 heterocycles. The average Bonchev–Trinajstić information content (AvgIpc) is 2.57. The first-order chi connectivity index (χ1) is 10.6. The van der Waals surface area contributed by atoms with Gasteiger partial charge in [0.2, 0.25) is 0 Å². The van der Waals surface area contributed by atoms with Gasteiger partial charge in [0.05, 0.1) is 0 Å². The molecule has 2 N–H and O–H groups in total. The number of benzene rings is 1. The summed E-state index contributed by atoms with van der Waals surface area (Å²) in [6, 6.07) is 9.81. The second-order valence-corrected chi connectivity index (χ2v) is 5.28. The lowest BCUT2D eigenvalue weighted by atomic mass is 10.1. The van der Waals surface area contributed by atoms with Crippen molar-refractivity contribution in [2.45, 2.75) is 64.1 Å². The molecule has 0 aliphatic heterocycles. The smallest absolute Gasteiger partial charge is 0.148 e. The fourth-order valence-electron chi connectivity index (χ4n) is 1.88. The van der Waals surface area contributed by atoms with Gasteiger partial charge < -0.3 is 19.8 Å². The molecule has 1 aromatic rings. The molecule has 4 nitrogen and oxygen atoms in total. The molecular weight excluding hydrogens is 280 g/mol. The number of carbonyl (C=O) groups excluding carboxylic acids is 2. The molecule has 0 fully saturated rings. The zero-order valence-corrected chi connectivity index (χ0v) is 13.4. The molecule has 0 radical (unpaired) electrons. The Kier molecular flexibility index (Phi) is 13.4. The van der Waals surface area contributed by atoms with Crippen LogP contribution in [0.4, 0.5) is 0 Å². The molecule has 0 aliphatic carbocycles. The number of unbranched alkanes of at least 4 members (excludes halogenated alkanes) is 3. The molecule has 0 aliphatic rings. The molecule has 0 amide bonds. The standard InChI is InChI=1S/C10H12O2.C8H16O2/c11-8-10(12)7-6-9-4-2-1-3-5-9;1-2-3-4-5-6-8(10)7-9/h1-5,8,10,12H,6-7H2;7-8,10H,2-6H2,1H3. The lowest BCUT2D eigenvalue weighted by Gasteiger charge is -2.01. The molecule has 2 atom stereocenters. The summed E-state index contributed by atoms with van der Waals surface area (Å²) in [7, 11) is 0. The van der Waals surface area contributed by atoms with Gasteiger partial charge in [-0.2, -0.15) is 0 Å². The normalized spacial score (nSPS) is 12.7. The second kappa shape index (κ2) is 14.4. The summed E-state index contributed by atoms with van der Waals surface area (Å²) >= 11 is 0. The van der Waals surface area contributed by atoms with Gasteiger partial charge in [-0.3, -0.25) is 0 Å². The van der Waals surface area contributed by atoms with Gasteiger partial charge in [-0.05, 0) is 24.8 Å². The van der Waals surface area contributed by atoms with Crippen LogP contribution in [-0.2, 0) is 16.0 Å². The van der Waals surface area contributed by atoms with E-state index in [4.69, 9.17) is 10.2 Å². The summed E-state index contributed by atoms with van der Waals surface area (Å²) in [5.41, 5.74) is 1.15. The molecular formula is C18H28O4. The highest BCUT2D eigenvalue weighted by atomic mass is 16.3. The van der Waals surface area contributed by atoms with Crippen LogP contribution in [0, 0.1) is 0 Å². The quantitative estimate of drug-likeness (QED) is 0.515. The SMILES string of the molecule is CCCCCCC(O)C=O.O=CC(O)CCc1ccccc1. The summed E-state index contributed by atoms with van der Waals surface area (Å²) in [6.45, 7) is 2.14. The first-order valence-electron chi connectivity index (χ1n) is 7.94. The van der Waals surface area contributed by atoms with Crippen LogP contribution >= 0.6 is 0 Å². The lowest BCUT2D eigenvalue weighted by molar-refractivity contribution is -0.115. The maximum atomic E-state index is 10.1. The molecule has 1 aromatic carbocycles. The number of rotatable bonds is 10. The van der Waals surface area contributed by atoms with E-state index in [-0.39, 0.29) is 0 Å². The predicted octanol–water partition coefficient (Wildman–Crippen LogP) is 2.70. The van der Waals surface area contributed by atoms with E-state index in [0.29, 0.717) is 25.4 Å². The van der Waals surface area contributed by atoms with E-state index >= 15 is 0 Å². The van der Waals surface area contributed by atoms with Crippen LogP contribution in [0.15, 0.2) is 30.3 Å². The Balaban J connectivity index is 0.000000409. The van der Waals surface area contributed by atoms with E-state index in [1.807, 2.05) is 30.3 Å². The maximum absolute atomic E-state index is 10.1. The van der Waals surface area contributed by atoms with Crippen molar-refractivity contribution in [2.24, 2.45) is 0 Å². The monoisotopic (exact) mass is 308 g/mol. The zero-order valence-electron chi connectivity index (χ0n) is 13.4. The Morgan fingerprint density at radius 2 is 1.50 bits per heavy atom. The van der Waals surface area contributed by atoms with Gasteiger partial charge in [-0.25, -0.2) is 0 Å². The Hall–Kier alpha value is -1.52. The number of aliphatic hydroxyl groups is 2. The van der Waals surface area contributed by atoms with E-state index in [2.05, 4.69) is 6.92 Å². The minimum atomic E-state index is -0.815. The minimum Gasteiger partial charge on any atom is -0.386 e. The fraction of sp³-hybridized carbons (Fsp3) is 0.556. The van der Waals surface area contributed by atoms with Gasteiger partial charge in [-0.1, -0.05) is 62.9 Å². The Labute approximate surface area is 133 Å². The van der Waals surface area contributed by atoms with Gasteiger partial charge in [0.15, 0.2) is 0 Å². The fourth-order valence-corrected chi connectivity index (χ4v) is 1.88. The lowest BCUT2D eigenvalue weighted by Crippen LogP contribution is -2.08. The molecule has 4 heteroatoms. The largest absolute Gasteiger partial charge is 0.386 e. The third-order valence-corrected chi connectivity index (χ3v) is 3.24. The first-order valence-corrected chi connectivity index (χ1v) is 7.94. The predicted molar refractivity (Wildman–Crippen MR) is 87.7 cm³/mol. The summed E-state index contributed by atoms with van der Waals surface area (Å²) in [5.74, 6) is 0. The number of hydrogen-bond acceptors (Lipinski definition) is 4. The number of aliphatic hydroxyl groups excluding tert-OH is 2. The minimum absolute atomic E-state index is 0.507. The molecule has 0 spiro atoms. The van der Waals surface area contributed by atoms with E-state index in [9.17, 15) is 9.59 Å². The zero-order chi connectivity index (χ0) is 16.6. The summed E-state index contributed by atoms with van der Waals surface area (Å²) in [6.07, 6.45) is 6.01. The van der Waals surface area contributed by atoms with Crippen molar-refractivity contribution < 1.29 is 19.8 Å². The van der Waals surface area contributed by atoms with Crippen molar-refractivity contribution in [3.63, 3.8) is 0 Å². The van der Waals surface area contributed by atoms with Crippen molar-refractivity contribution in [3.8, 4) is 0 Å². The molecule has 2 unspecified atom stereocenters. The summed E-state index contributed by atoms with van der Waals surface area (Å²) in [4.78, 5) is 20.0. The van der Waals surface area contributed by atoms with E-state index in [1.165, 1.54) is 12.8 Å². The van der Waals surface area contributed by atoms with Crippen molar-refractivity contribution in [1.29, 1.82) is 0 Å². The Bertz CT molecular complexity index is 378. The third-order valence-electron chi connectivity index (χ3n) is 3.24. The van der Waals surface area contributed by atoms with Crippen LogP contribution in [0.3, 0.4) is 0 Å². The maximum Gasteiger partial charge on any atom is 0.148 e. The van der Waals surface area contributed by atoms with Crippen molar-refractivity contribution in [3.05, 3.63) is 35.9 Å². The van der Waals surface area contributed by atoms with Crippen LogP contribution in [0.1, 0.15) is 51.0 Å². The van der Waals surface area contributed by atoms with Crippen LogP contribution in [-0.4, -0.2) is 35.0 Å². The molecule has 0 saturated carbocycles. The molecule has 0 bridgehead atoms. The van der Waals surface area contributed by atoms with Gasteiger partial charge in [0, 0.05) is 0 Å². The summed E-state index contributed by atoms with van der Waals surface area (Å²) in [5, 5.41) is 17.7. The Morgan fingerprint density at radius 3 is 2.05 bits per heavy atom. The van der Waals surface area contributed by atoms with Gasteiger partial charge in [0.25, 0.3) is 0 Å². The van der Waals surface area contributed by atoms with Crippen LogP contribution in [0.2, 0.25) is 0 Å². The highest BCUT2D eigenvalue weighted by molar-refractivity contribution is 5.55. The Morgan fingerprint density at radius 1 is 0.909 bits per heavy atom. The number of aryl methyl sites for hydroxylation is 1. The molecule has 22 heavy (non-hydrogen) atoms. The third kappa shape index (κ3) is 12.2. The van der Waals surface area contributed by atoms with Crippen molar-refractivity contribution in [2.75, 3.05) is 0 Å². The highest BCUT2D eigenvalue weighted by Gasteiger charge is 2.01. The van der Waals surface area contributed by atoms with E-state index in [1.54, 1.807) is 0 Å². The van der Waals surface area contributed by atoms with E-state index in [0.717, 1.165) is 24.8 Å². The molecule has 1 rings (SSSR count). The van der Waals surface area contributed by atoms with Gasteiger partial charge in [-0.15, -0.1) is 0 Å². The summed E-state index contributed by atoms with van der Waals surface area (Å²) < 4.78 is 0. The van der Waals surface area contributed by atoms with Gasteiger partial charge >= 0.3 is 0 Å². The van der Waals surface area contributed by atoms with Crippen LogP contribution < -0.4 is 0 Å². The number of aldehydes is 2. The van der Waals surface area contributed by atoms with E-state index < -0.39 is 12.2 Å². The molecule has 0 aromatic heterocycles. The topological polar surface area (TPSA) is 74.6 Å². The first kappa shape index (κ1) is 20.5. The van der Waals surface area contributed by atoms with Crippen molar-refractivity contribution in [1.82, 2.24) is 0 Å². The van der Waals surface area contributed by atoms with Crippen molar-refractivity contribution >= 4 is 12.6 Å². The van der Waals surface area contributed by atoms with Gasteiger partial charge in [0.1, 0.15) is 24.8 Å². The highest BCUT2D eigenvalue weighted by Crippen LogP contribution is 2.04. The molecule has 0 saturated heterocycles. The number of hydrogen-bond donors (Lipinski definition) is 2. The van der Waals surface area contributed by atoms with Crippen LogP contribution in [0.5, 0.6) is 0 Å². The number of carbonyl (C=O) groups is 2. The second-order valence-electron chi connectivity index (χ2n) is 5.28. The molecule has 124 valence electrons. The van der Waals surface area contributed by atoms with Crippen LogP contribution in [0.25, 0.3) is 0 Å². The average molecular weight is 308 g/mol.